The fourth-order valence-corrected chi connectivity index (χ4v) is 5.62. The SMILES string of the molecule is COCCn1c(SCC(=O)N2CCc3cc(-c4csc(C)n4)ccc32)nc2ccccc21. The fourth-order valence-electron chi connectivity index (χ4n) is 4.08. The number of benzene rings is 2. The average molecular weight is 465 g/mol. The summed E-state index contributed by atoms with van der Waals surface area (Å²) in [7, 11) is 1.70. The first-order chi connectivity index (χ1) is 15.6. The van der Waals surface area contributed by atoms with Crippen LogP contribution in [0.2, 0.25) is 0 Å². The van der Waals surface area contributed by atoms with E-state index in [2.05, 4.69) is 39.2 Å². The Balaban J connectivity index is 1.32. The summed E-state index contributed by atoms with van der Waals surface area (Å²) in [6, 6.07) is 14.4. The molecule has 5 rings (SSSR count). The molecule has 0 saturated heterocycles. The van der Waals surface area contributed by atoms with Crippen molar-refractivity contribution in [2.24, 2.45) is 0 Å². The van der Waals surface area contributed by atoms with Gasteiger partial charge in [0.05, 0.1) is 34.1 Å². The van der Waals surface area contributed by atoms with Crippen LogP contribution in [0.1, 0.15) is 10.6 Å². The van der Waals surface area contributed by atoms with Gasteiger partial charge in [0.15, 0.2) is 5.16 Å². The van der Waals surface area contributed by atoms with Gasteiger partial charge in [-0.2, -0.15) is 0 Å². The Labute approximate surface area is 195 Å². The minimum atomic E-state index is 0.108. The number of carbonyl (C=O) groups excluding carboxylic acids is 1. The lowest BCUT2D eigenvalue weighted by atomic mass is 10.1. The number of nitrogens with zero attached hydrogens (tertiary/aromatic N) is 4. The highest BCUT2D eigenvalue weighted by Gasteiger charge is 2.26. The number of rotatable bonds is 7. The number of imidazole rings is 1. The van der Waals surface area contributed by atoms with Crippen LogP contribution in [0.15, 0.2) is 53.0 Å². The number of para-hydroxylation sites is 2. The van der Waals surface area contributed by atoms with Gasteiger partial charge in [0.2, 0.25) is 5.91 Å². The Morgan fingerprint density at radius 2 is 2.09 bits per heavy atom. The molecule has 6 nitrogen and oxygen atoms in total. The summed E-state index contributed by atoms with van der Waals surface area (Å²) in [5, 5.41) is 4.00. The second-order valence-electron chi connectivity index (χ2n) is 7.71. The van der Waals surface area contributed by atoms with Gasteiger partial charge in [-0.15, -0.1) is 11.3 Å². The molecule has 3 heterocycles. The molecule has 0 spiro atoms. The van der Waals surface area contributed by atoms with Crippen LogP contribution in [0.3, 0.4) is 0 Å². The zero-order valence-electron chi connectivity index (χ0n) is 18.1. The summed E-state index contributed by atoms with van der Waals surface area (Å²) in [6.45, 7) is 4.04. The van der Waals surface area contributed by atoms with Gasteiger partial charge in [-0.1, -0.05) is 30.0 Å². The first kappa shape index (κ1) is 21.2. The van der Waals surface area contributed by atoms with Gasteiger partial charge >= 0.3 is 0 Å². The van der Waals surface area contributed by atoms with Gasteiger partial charge in [0.25, 0.3) is 0 Å². The first-order valence-corrected chi connectivity index (χ1v) is 12.4. The van der Waals surface area contributed by atoms with Crippen LogP contribution in [0, 0.1) is 6.92 Å². The van der Waals surface area contributed by atoms with Crippen LogP contribution in [0.4, 0.5) is 5.69 Å². The van der Waals surface area contributed by atoms with Crippen molar-refractivity contribution >= 4 is 45.7 Å². The van der Waals surface area contributed by atoms with Crippen LogP contribution in [-0.4, -0.2) is 46.5 Å². The summed E-state index contributed by atoms with van der Waals surface area (Å²) in [4.78, 5) is 24.4. The maximum absolute atomic E-state index is 13.1. The molecular weight excluding hydrogens is 440 g/mol. The number of ether oxygens (including phenoxy) is 1. The second kappa shape index (κ2) is 9.05. The van der Waals surface area contributed by atoms with Crippen molar-refractivity contribution < 1.29 is 9.53 Å². The lowest BCUT2D eigenvalue weighted by Gasteiger charge is -2.17. The highest BCUT2D eigenvalue weighted by Crippen LogP contribution is 2.33. The molecule has 2 aromatic carbocycles. The van der Waals surface area contributed by atoms with Crippen LogP contribution >= 0.6 is 23.1 Å². The standard InChI is InChI=1S/C24H24N4O2S2/c1-16-25-20(14-31-16)17-7-8-21-18(13-17)9-10-27(21)23(29)15-32-24-26-19-5-3-4-6-22(19)28(24)11-12-30-2/h3-8,13-14H,9-12,15H2,1-2H3. The number of aromatic nitrogens is 3. The van der Waals surface area contributed by atoms with Crippen molar-refractivity contribution in [2.75, 3.05) is 30.9 Å². The molecule has 1 aliphatic heterocycles. The molecule has 32 heavy (non-hydrogen) atoms. The van der Waals surface area contributed by atoms with E-state index < -0.39 is 0 Å². The Morgan fingerprint density at radius 3 is 2.91 bits per heavy atom. The Hall–Kier alpha value is -2.68. The minimum Gasteiger partial charge on any atom is -0.383 e. The largest absolute Gasteiger partial charge is 0.383 e. The smallest absolute Gasteiger partial charge is 0.237 e. The number of anilines is 1. The van der Waals surface area contributed by atoms with E-state index in [1.54, 1.807) is 18.4 Å². The van der Waals surface area contributed by atoms with Crippen LogP contribution in [0.5, 0.6) is 0 Å². The molecular formula is C24H24N4O2S2. The normalized spacial score (nSPS) is 13.1. The van der Waals surface area contributed by atoms with Gasteiger partial charge in [-0.25, -0.2) is 9.97 Å². The van der Waals surface area contributed by atoms with Crippen LogP contribution < -0.4 is 4.90 Å². The van der Waals surface area contributed by atoms with Crippen LogP contribution in [-0.2, 0) is 22.5 Å². The molecule has 2 aromatic heterocycles. The van der Waals surface area contributed by atoms with E-state index in [4.69, 9.17) is 9.72 Å². The Morgan fingerprint density at radius 1 is 1.22 bits per heavy atom. The van der Waals surface area contributed by atoms with Crippen LogP contribution in [0.25, 0.3) is 22.3 Å². The maximum atomic E-state index is 13.1. The molecule has 4 aromatic rings. The number of thioether (sulfide) groups is 1. The van der Waals surface area contributed by atoms with E-state index in [0.717, 1.165) is 44.6 Å². The molecule has 0 radical (unpaired) electrons. The number of aryl methyl sites for hydroxylation is 1. The highest BCUT2D eigenvalue weighted by molar-refractivity contribution is 7.99. The van der Waals surface area contributed by atoms with E-state index in [9.17, 15) is 4.79 Å². The fraction of sp³-hybridized carbons (Fsp3) is 0.292. The molecule has 0 unspecified atom stereocenters. The second-order valence-corrected chi connectivity index (χ2v) is 9.71. The maximum Gasteiger partial charge on any atom is 0.237 e. The summed E-state index contributed by atoms with van der Waals surface area (Å²) in [6.07, 6.45) is 0.870. The predicted octanol–water partition coefficient (Wildman–Crippen LogP) is 4.80. The van der Waals surface area contributed by atoms with Crippen molar-refractivity contribution in [1.29, 1.82) is 0 Å². The molecule has 0 atom stereocenters. The quantitative estimate of drug-likeness (QED) is 0.368. The number of amides is 1. The van der Waals surface area contributed by atoms with Gasteiger partial charge in [-0.05, 0) is 43.2 Å². The van der Waals surface area contributed by atoms with Crippen molar-refractivity contribution in [3.8, 4) is 11.3 Å². The summed E-state index contributed by atoms with van der Waals surface area (Å²) in [5.74, 6) is 0.458. The van der Waals surface area contributed by atoms with Crippen molar-refractivity contribution in [1.82, 2.24) is 14.5 Å². The number of methoxy groups -OCH3 is 1. The Kier molecular flexibility index (Phi) is 5.99. The monoisotopic (exact) mass is 464 g/mol. The number of hydrogen-bond acceptors (Lipinski definition) is 6. The molecule has 0 bridgehead atoms. The van der Waals surface area contributed by atoms with Gasteiger partial charge in [-0.3, -0.25) is 4.79 Å². The molecule has 1 aliphatic rings. The van der Waals surface area contributed by atoms with E-state index in [1.165, 1.54) is 17.3 Å². The van der Waals surface area contributed by atoms with E-state index in [-0.39, 0.29) is 5.91 Å². The molecule has 8 heteroatoms. The number of thiazole rings is 1. The number of hydrogen-bond donors (Lipinski definition) is 0. The zero-order chi connectivity index (χ0) is 22.1. The van der Waals surface area contributed by atoms with E-state index in [0.29, 0.717) is 25.4 Å². The van der Waals surface area contributed by atoms with E-state index >= 15 is 0 Å². The van der Waals surface area contributed by atoms with E-state index in [1.807, 2.05) is 30.0 Å². The summed E-state index contributed by atoms with van der Waals surface area (Å²) >= 11 is 3.15. The molecule has 0 aliphatic carbocycles. The number of carbonyl (C=O) groups is 1. The predicted molar refractivity (Wildman–Crippen MR) is 131 cm³/mol. The Bertz CT molecular complexity index is 1280. The van der Waals surface area contributed by atoms with Gasteiger partial charge < -0.3 is 14.2 Å². The summed E-state index contributed by atoms with van der Waals surface area (Å²) < 4.78 is 7.41. The lowest BCUT2D eigenvalue weighted by molar-refractivity contribution is -0.116. The minimum absolute atomic E-state index is 0.108. The zero-order valence-corrected chi connectivity index (χ0v) is 19.7. The topological polar surface area (TPSA) is 60.2 Å². The summed E-state index contributed by atoms with van der Waals surface area (Å²) in [5.41, 5.74) is 6.35. The van der Waals surface area contributed by atoms with Gasteiger partial charge in [0.1, 0.15) is 0 Å². The van der Waals surface area contributed by atoms with Crippen molar-refractivity contribution in [2.45, 2.75) is 25.0 Å². The molecule has 0 N–H and O–H groups in total. The highest BCUT2D eigenvalue weighted by atomic mass is 32.2. The third-order valence-corrected chi connectivity index (χ3v) is 7.39. The molecule has 0 fully saturated rings. The third kappa shape index (κ3) is 4.05. The molecule has 164 valence electrons. The lowest BCUT2D eigenvalue weighted by Crippen LogP contribution is -2.30. The van der Waals surface area contributed by atoms with Crippen molar-refractivity contribution in [3.63, 3.8) is 0 Å². The average Bonchev–Trinajstić information content (AvgIpc) is 3.52. The number of fused-ring (bicyclic) bond motifs is 2. The molecule has 0 saturated carbocycles. The van der Waals surface area contributed by atoms with Crippen molar-refractivity contribution in [3.05, 3.63) is 58.4 Å². The third-order valence-electron chi connectivity index (χ3n) is 5.65. The van der Waals surface area contributed by atoms with Gasteiger partial charge in [0, 0.05) is 36.8 Å². The first-order valence-electron chi connectivity index (χ1n) is 10.6. The molecule has 1 amide bonds.